The lowest BCUT2D eigenvalue weighted by Gasteiger charge is -2.47. The topological polar surface area (TPSA) is 29.3 Å². The number of nitrogens with zero attached hydrogens (tertiary/aromatic N) is 1. The van der Waals surface area contributed by atoms with Gasteiger partial charge in [0, 0.05) is 25.2 Å². The Labute approximate surface area is 94.2 Å². The summed E-state index contributed by atoms with van der Waals surface area (Å²) in [5, 5.41) is 0. The second-order valence-corrected chi connectivity index (χ2v) is 6.59. The molecule has 0 bridgehead atoms. The fourth-order valence-electron chi connectivity index (χ4n) is 3.15. The molecule has 0 aromatic carbocycles. The van der Waals surface area contributed by atoms with Crippen molar-refractivity contribution in [1.29, 1.82) is 0 Å². The largest absolute Gasteiger partial charge is 0.325 e. The van der Waals surface area contributed by atoms with Crippen molar-refractivity contribution in [2.45, 2.75) is 58.5 Å². The maximum atomic E-state index is 5.83. The molecular formula is C13H26N2. The zero-order valence-corrected chi connectivity index (χ0v) is 10.5. The van der Waals surface area contributed by atoms with Gasteiger partial charge in [0.05, 0.1) is 0 Å². The van der Waals surface area contributed by atoms with E-state index >= 15 is 0 Å². The quantitative estimate of drug-likeness (QED) is 0.719. The van der Waals surface area contributed by atoms with Gasteiger partial charge in [-0.1, -0.05) is 20.8 Å². The first-order valence-electron chi connectivity index (χ1n) is 6.46. The first-order chi connectivity index (χ1) is 6.97. The van der Waals surface area contributed by atoms with Crippen molar-refractivity contribution in [2.24, 2.45) is 17.1 Å². The van der Waals surface area contributed by atoms with Crippen molar-refractivity contribution in [3.63, 3.8) is 0 Å². The maximum Gasteiger partial charge on any atom is 0.0297 e. The van der Waals surface area contributed by atoms with Crippen LogP contribution in [0.3, 0.4) is 0 Å². The first kappa shape index (κ1) is 11.4. The molecule has 0 amide bonds. The summed E-state index contributed by atoms with van der Waals surface area (Å²) >= 11 is 0. The van der Waals surface area contributed by atoms with Crippen molar-refractivity contribution in [1.82, 2.24) is 4.90 Å². The van der Waals surface area contributed by atoms with Crippen molar-refractivity contribution >= 4 is 0 Å². The van der Waals surface area contributed by atoms with E-state index in [-0.39, 0.29) is 0 Å². The van der Waals surface area contributed by atoms with E-state index in [0.717, 1.165) is 25.0 Å². The molecule has 88 valence electrons. The normalized spacial score (nSPS) is 35.2. The van der Waals surface area contributed by atoms with Crippen molar-refractivity contribution in [3.8, 4) is 0 Å². The standard InChI is InChI=1S/C13H26N2/c1-13(2,3)10-4-6-12(7-5-10)15-8-11(14)9-15/h10-12H,4-9,14H2,1-3H3. The molecule has 1 saturated carbocycles. The molecule has 2 heteroatoms. The number of rotatable bonds is 1. The monoisotopic (exact) mass is 210 g/mol. The van der Waals surface area contributed by atoms with Gasteiger partial charge < -0.3 is 5.73 Å². The number of nitrogens with two attached hydrogens (primary N) is 1. The van der Waals surface area contributed by atoms with Gasteiger partial charge in [-0.25, -0.2) is 0 Å². The number of hydrogen-bond acceptors (Lipinski definition) is 2. The van der Waals surface area contributed by atoms with Gasteiger partial charge in [0.25, 0.3) is 0 Å². The molecule has 0 radical (unpaired) electrons. The zero-order valence-electron chi connectivity index (χ0n) is 10.5. The van der Waals surface area contributed by atoms with Gasteiger partial charge in [-0.15, -0.1) is 0 Å². The van der Waals surface area contributed by atoms with E-state index in [1.807, 2.05) is 0 Å². The van der Waals surface area contributed by atoms with E-state index < -0.39 is 0 Å². The summed E-state index contributed by atoms with van der Waals surface area (Å²) in [6.45, 7) is 9.45. The third-order valence-electron chi connectivity index (χ3n) is 4.38. The van der Waals surface area contributed by atoms with E-state index in [1.165, 1.54) is 25.7 Å². The smallest absolute Gasteiger partial charge is 0.0297 e. The van der Waals surface area contributed by atoms with Gasteiger partial charge >= 0.3 is 0 Å². The predicted molar refractivity (Wildman–Crippen MR) is 64.7 cm³/mol. The Morgan fingerprint density at radius 1 is 1.00 bits per heavy atom. The molecule has 1 saturated heterocycles. The fraction of sp³-hybridized carbons (Fsp3) is 1.00. The number of likely N-dealkylation sites (tertiary alicyclic amines) is 1. The molecule has 1 aliphatic carbocycles. The van der Waals surface area contributed by atoms with Crippen LogP contribution in [0.15, 0.2) is 0 Å². The second kappa shape index (κ2) is 4.06. The van der Waals surface area contributed by atoms with Crippen molar-refractivity contribution in [3.05, 3.63) is 0 Å². The van der Waals surface area contributed by atoms with Gasteiger partial charge in [0.15, 0.2) is 0 Å². The lowest BCUT2D eigenvalue weighted by Crippen LogP contribution is -2.59. The Hall–Kier alpha value is -0.0800. The molecule has 2 N–H and O–H groups in total. The summed E-state index contributed by atoms with van der Waals surface area (Å²) in [5.74, 6) is 0.934. The molecule has 1 heterocycles. The van der Waals surface area contributed by atoms with Crippen LogP contribution in [0.4, 0.5) is 0 Å². The third kappa shape index (κ3) is 2.54. The van der Waals surface area contributed by atoms with Gasteiger partial charge in [-0.3, -0.25) is 4.90 Å². The molecule has 0 aromatic rings. The van der Waals surface area contributed by atoms with Gasteiger partial charge in [-0.2, -0.15) is 0 Å². The molecule has 2 fully saturated rings. The van der Waals surface area contributed by atoms with Crippen LogP contribution in [0.5, 0.6) is 0 Å². The average Bonchev–Trinajstić information content (AvgIpc) is 2.12. The Bertz CT molecular complexity index is 205. The molecule has 15 heavy (non-hydrogen) atoms. The van der Waals surface area contributed by atoms with Gasteiger partial charge in [0.1, 0.15) is 0 Å². The molecule has 0 spiro atoms. The minimum absolute atomic E-state index is 0.463. The Balaban J connectivity index is 1.77. The summed E-state index contributed by atoms with van der Waals surface area (Å²) in [6.07, 6.45) is 5.63. The van der Waals surface area contributed by atoms with Crippen LogP contribution < -0.4 is 5.73 Å². The summed E-state index contributed by atoms with van der Waals surface area (Å²) in [6, 6.07) is 1.31. The third-order valence-corrected chi connectivity index (χ3v) is 4.38. The highest BCUT2D eigenvalue weighted by Crippen LogP contribution is 2.39. The highest BCUT2D eigenvalue weighted by atomic mass is 15.2. The van der Waals surface area contributed by atoms with Crippen molar-refractivity contribution in [2.75, 3.05) is 13.1 Å². The molecule has 2 nitrogen and oxygen atoms in total. The summed E-state index contributed by atoms with van der Waals surface area (Å²) in [4.78, 5) is 2.59. The molecular weight excluding hydrogens is 184 g/mol. The molecule has 0 aromatic heterocycles. The van der Waals surface area contributed by atoms with E-state index in [0.29, 0.717) is 11.5 Å². The lowest BCUT2D eigenvalue weighted by molar-refractivity contribution is 0.0438. The maximum absolute atomic E-state index is 5.83. The molecule has 0 unspecified atom stereocenters. The van der Waals surface area contributed by atoms with E-state index in [9.17, 15) is 0 Å². The van der Waals surface area contributed by atoms with Crippen LogP contribution in [-0.4, -0.2) is 30.1 Å². The van der Waals surface area contributed by atoms with E-state index in [2.05, 4.69) is 25.7 Å². The van der Waals surface area contributed by atoms with Crippen LogP contribution in [-0.2, 0) is 0 Å². The lowest BCUT2D eigenvalue weighted by atomic mass is 9.71. The molecule has 1 aliphatic heterocycles. The number of hydrogen-bond donors (Lipinski definition) is 1. The van der Waals surface area contributed by atoms with Crippen LogP contribution in [0, 0.1) is 11.3 Å². The second-order valence-electron chi connectivity index (χ2n) is 6.59. The Morgan fingerprint density at radius 3 is 1.93 bits per heavy atom. The highest BCUT2D eigenvalue weighted by molar-refractivity contribution is 4.91. The first-order valence-corrected chi connectivity index (χ1v) is 6.46. The summed E-state index contributed by atoms with van der Waals surface area (Å²) in [7, 11) is 0. The van der Waals surface area contributed by atoms with Gasteiger partial charge in [-0.05, 0) is 37.0 Å². The van der Waals surface area contributed by atoms with Crippen LogP contribution in [0.2, 0.25) is 0 Å². The van der Waals surface area contributed by atoms with Crippen LogP contribution in [0.1, 0.15) is 46.5 Å². The summed E-state index contributed by atoms with van der Waals surface area (Å²) < 4.78 is 0. The minimum Gasteiger partial charge on any atom is -0.325 e. The zero-order chi connectivity index (χ0) is 11.1. The Kier molecular flexibility index (Phi) is 3.09. The van der Waals surface area contributed by atoms with Crippen LogP contribution >= 0.6 is 0 Å². The fourth-order valence-corrected chi connectivity index (χ4v) is 3.15. The summed E-state index contributed by atoms with van der Waals surface area (Å²) in [5.41, 5.74) is 6.34. The minimum atomic E-state index is 0.463. The Morgan fingerprint density at radius 2 is 1.53 bits per heavy atom. The highest BCUT2D eigenvalue weighted by Gasteiger charge is 2.35. The average molecular weight is 210 g/mol. The SMILES string of the molecule is CC(C)(C)C1CCC(N2CC(N)C2)CC1. The molecule has 2 aliphatic rings. The van der Waals surface area contributed by atoms with E-state index in [1.54, 1.807) is 0 Å². The van der Waals surface area contributed by atoms with E-state index in [4.69, 9.17) is 5.73 Å². The van der Waals surface area contributed by atoms with Crippen molar-refractivity contribution < 1.29 is 0 Å². The predicted octanol–water partition coefficient (Wildman–Crippen LogP) is 2.23. The molecule has 0 atom stereocenters. The van der Waals surface area contributed by atoms with Gasteiger partial charge in [0.2, 0.25) is 0 Å². The molecule has 2 rings (SSSR count). The van der Waals surface area contributed by atoms with Crippen LogP contribution in [0.25, 0.3) is 0 Å².